The molecule has 0 bridgehead atoms. The number of ether oxygens (including phenoxy) is 1. The second-order valence-corrected chi connectivity index (χ2v) is 5.18. The molecule has 23 heavy (non-hydrogen) atoms. The van der Waals surface area contributed by atoms with Crippen molar-refractivity contribution in [2.45, 2.75) is 12.9 Å². The maximum Gasteiger partial charge on any atom is 0.573 e. The van der Waals surface area contributed by atoms with E-state index >= 15 is 0 Å². The number of benzene rings is 1. The fourth-order valence-electron chi connectivity index (χ4n) is 2.09. The first-order valence-electron chi connectivity index (χ1n) is 7.15. The van der Waals surface area contributed by atoms with Gasteiger partial charge in [0.25, 0.3) is 0 Å². The molecule has 126 valence electrons. The van der Waals surface area contributed by atoms with Gasteiger partial charge in [-0.2, -0.15) is 0 Å². The third kappa shape index (κ3) is 5.61. The monoisotopic (exact) mass is 328 g/mol. The molecule has 0 aliphatic heterocycles. The van der Waals surface area contributed by atoms with E-state index < -0.39 is 6.36 Å². The first-order chi connectivity index (χ1) is 10.9. The minimum absolute atomic E-state index is 0.250. The van der Waals surface area contributed by atoms with Gasteiger partial charge in [0.1, 0.15) is 17.3 Å². The summed E-state index contributed by atoms with van der Waals surface area (Å²) in [4.78, 5) is 2.11. The molecule has 4 nitrogen and oxygen atoms in total. The zero-order valence-corrected chi connectivity index (χ0v) is 13.0. The van der Waals surface area contributed by atoms with Crippen LogP contribution in [0.15, 0.2) is 40.8 Å². The lowest BCUT2D eigenvalue weighted by Gasteiger charge is -2.14. The molecule has 1 aromatic carbocycles. The Balaban J connectivity index is 2.00. The summed E-state index contributed by atoms with van der Waals surface area (Å²) < 4.78 is 46.0. The Hall–Kier alpha value is -1.99. The molecule has 2 rings (SSSR count). The van der Waals surface area contributed by atoms with Crippen molar-refractivity contribution in [1.29, 1.82) is 0 Å². The number of furan rings is 1. The molecule has 2 aromatic rings. The van der Waals surface area contributed by atoms with Crippen LogP contribution in [0.4, 0.5) is 13.2 Å². The van der Waals surface area contributed by atoms with E-state index in [1.807, 2.05) is 20.2 Å². The van der Waals surface area contributed by atoms with Crippen LogP contribution in [0.3, 0.4) is 0 Å². The largest absolute Gasteiger partial charge is 0.573 e. The highest BCUT2D eigenvalue weighted by Crippen LogP contribution is 2.27. The smallest absolute Gasteiger partial charge is 0.460 e. The van der Waals surface area contributed by atoms with Crippen molar-refractivity contribution in [2.24, 2.45) is 0 Å². The topological polar surface area (TPSA) is 37.6 Å². The average molecular weight is 328 g/mol. The quantitative estimate of drug-likeness (QED) is 0.844. The first kappa shape index (κ1) is 17.4. The number of likely N-dealkylation sites (N-methyl/N-ethyl adjacent to an activating group) is 2. The molecule has 0 amide bonds. The number of hydrogen-bond donors (Lipinski definition) is 1. The minimum atomic E-state index is -4.68. The molecule has 0 aliphatic rings. The lowest BCUT2D eigenvalue weighted by molar-refractivity contribution is -0.274. The van der Waals surface area contributed by atoms with Crippen molar-refractivity contribution in [3.8, 4) is 17.1 Å². The van der Waals surface area contributed by atoms with E-state index in [9.17, 15) is 13.2 Å². The van der Waals surface area contributed by atoms with Crippen molar-refractivity contribution in [3.05, 3.63) is 42.2 Å². The zero-order valence-electron chi connectivity index (χ0n) is 13.0. The van der Waals surface area contributed by atoms with Gasteiger partial charge < -0.3 is 14.5 Å². The van der Waals surface area contributed by atoms with Gasteiger partial charge in [-0.25, -0.2) is 0 Å². The lowest BCUT2D eigenvalue weighted by atomic mass is 10.2. The molecular formula is C16H19F3N2O2. The van der Waals surface area contributed by atoms with Crippen LogP contribution in [0, 0.1) is 0 Å². The molecule has 0 unspecified atom stereocenters. The molecule has 0 saturated heterocycles. The van der Waals surface area contributed by atoms with Crippen molar-refractivity contribution in [2.75, 3.05) is 27.2 Å². The van der Waals surface area contributed by atoms with Crippen LogP contribution in [-0.2, 0) is 6.54 Å². The molecular weight excluding hydrogens is 309 g/mol. The highest BCUT2D eigenvalue weighted by Gasteiger charge is 2.30. The number of alkyl halides is 3. The number of nitrogens with zero attached hydrogens (tertiary/aromatic N) is 1. The Kier molecular flexibility index (Phi) is 5.68. The van der Waals surface area contributed by atoms with Crippen LogP contribution in [0.5, 0.6) is 5.75 Å². The van der Waals surface area contributed by atoms with Gasteiger partial charge in [0.2, 0.25) is 0 Å². The molecule has 7 heteroatoms. The highest BCUT2D eigenvalue weighted by atomic mass is 19.4. The van der Waals surface area contributed by atoms with Crippen molar-refractivity contribution >= 4 is 0 Å². The SMILES string of the molecule is CNCCN(C)Cc1ccc(-c2ccc(OC(F)(F)F)cc2)o1. The predicted molar refractivity (Wildman–Crippen MR) is 81.1 cm³/mol. The molecule has 0 aliphatic carbocycles. The number of rotatable bonds is 7. The van der Waals surface area contributed by atoms with Gasteiger partial charge in [-0.15, -0.1) is 13.2 Å². The second kappa shape index (κ2) is 7.52. The third-order valence-corrected chi connectivity index (χ3v) is 3.20. The fourth-order valence-corrected chi connectivity index (χ4v) is 2.09. The summed E-state index contributed by atoms with van der Waals surface area (Å²) in [5, 5.41) is 3.07. The van der Waals surface area contributed by atoms with Gasteiger partial charge in [-0.05, 0) is 50.5 Å². The molecule has 1 heterocycles. The molecule has 0 saturated carbocycles. The van der Waals surface area contributed by atoms with E-state index in [2.05, 4.69) is 15.0 Å². The van der Waals surface area contributed by atoms with E-state index in [1.165, 1.54) is 24.3 Å². The van der Waals surface area contributed by atoms with Crippen LogP contribution >= 0.6 is 0 Å². The van der Waals surface area contributed by atoms with E-state index in [-0.39, 0.29) is 5.75 Å². The Morgan fingerprint density at radius 1 is 1.13 bits per heavy atom. The third-order valence-electron chi connectivity index (χ3n) is 3.20. The summed E-state index contributed by atoms with van der Waals surface area (Å²) in [6.07, 6.45) is -4.68. The van der Waals surface area contributed by atoms with Crippen LogP contribution in [0.2, 0.25) is 0 Å². The number of halogens is 3. The van der Waals surface area contributed by atoms with Crippen LogP contribution in [0.1, 0.15) is 5.76 Å². The van der Waals surface area contributed by atoms with E-state index in [0.717, 1.165) is 18.8 Å². The Labute approximate surface area is 132 Å². The fraction of sp³-hybridized carbons (Fsp3) is 0.375. The number of nitrogens with one attached hydrogen (secondary N) is 1. The Morgan fingerprint density at radius 3 is 2.43 bits per heavy atom. The summed E-state index contributed by atoms with van der Waals surface area (Å²) in [6, 6.07) is 9.28. The van der Waals surface area contributed by atoms with E-state index in [4.69, 9.17) is 4.42 Å². The summed E-state index contributed by atoms with van der Waals surface area (Å²) >= 11 is 0. The first-order valence-corrected chi connectivity index (χ1v) is 7.15. The summed E-state index contributed by atoms with van der Waals surface area (Å²) in [5.41, 5.74) is 0.698. The summed E-state index contributed by atoms with van der Waals surface area (Å²) in [7, 11) is 3.88. The van der Waals surface area contributed by atoms with Crippen molar-refractivity contribution in [3.63, 3.8) is 0 Å². The lowest BCUT2D eigenvalue weighted by Crippen LogP contribution is -2.26. The second-order valence-electron chi connectivity index (χ2n) is 5.18. The van der Waals surface area contributed by atoms with Crippen LogP contribution < -0.4 is 10.1 Å². The molecule has 0 atom stereocenters. The van der Waals surface area contributed by atoms with Gasteiger partial charge in [-0.1, -0.05) is 0 Å². The van der Waals surface area contributed by atoms with Crippen molar-refractivity contribution in [1.82, 2.24) is 10.2 Å². The molecule has 1 N–H and O–H groups in total. The Bertz CT molecular complexity index is 609. The predicted octanol–water partition coefficient (Wildman–Crippen LogP) is 3.50. The van der Waals surface area contributed by atoms with E-state index in [0.29, 0.717) is 17.9 Å². The summed E-state index contributed by atoms with van der Waals surface area (Å²) in [6.45, 7) is 2.43. The highest BCUT2D eigenvalue weighted by molar-refractivity contribution is 5.58. The van der Waals surface area contributed by atoms with Gasteiger partial charge in [0, 0.05) is 18.7 Å². The Morgan fingerprint density at radius 2 is 1.83 bits per heavy atom. The van der Waals surface area contributed by atoms with Crippen LogP contribution in [0.25, 0.3) is 11.3 Å². The maximum atomic E-state index is 12.1. The van der Waals surface area contributed by atoms with Gasteiger partial charge >= 0.3 is 6.36 Å². The summed E-state index contributed by atoms with van der Waals surface area (Å²) in [5.74, 6) is 1.16. The molecule has 0 fully saturated rings. The zero-order chi connectivity index (χ0) is 16.9. The number of hydrogen-bond acceptors (Lipinski definition) is 4. The molecule has 0 spiro atoms. The maximum absolute atomic E-state index is 12.1. The molecule has 1 aromatic heterocycles. The standard InChI is InChI=1S/C16H19F3N2O2/c1-20-9-10-21(2)11-14-7-8-15(22-14)12-3-5-13(6-4-12)23-16(17,18)19/h3-8,20H,9-11H2,1-2H3. The normalized spacial score (nSPS) is 11.9. The van der Waals surface area contributed by atoms with Crippen LogP contribution in [-0.4, -0.2) is 38.4 Å². The van der Waals surface area contributed by atoms with Gasteiger partial charge in [0.15, 0.2) is 0 Å². The van der Waals surface area contributed by atoms with Gasteiger partial charge in [-0.3, -0.25) is 4.90 Å². The van der Waals surface area contributed by atoms with E-state index in [1.54, 1.807) is 6.07 Å². The van der Waals surface area contributed by atoms with Gasteiger partial charge in [0.05, 0.1) is 6.54 Å². The minimum Gasteiger partial charge on any atom is -0.460 e. The average Bonchev–Trinajstić information content (AvgIpc) is 2.92. The van der Waals surface area contributed by atoms with Crippen molar-refractivity contribution < 1.29 is 22.3 Å². The molecule has 0 radical (unpaired) electrons.